The van der Waals surface area contributed by atoms with Crippen LogP contribution in [-0.4, -0.2) is 27.0 Å². The van der Waals surface area contributed by atoms with Gasteiger partial charge in [0.1, 0.15) is 0 Å². The molecule has 0 unspecified atom stereocenters. The highest BCUT2D eigenvalue weighted by atomic mass is 32.1. The first-order valence-electron chi connectivity index (χ1n) is 8.80. The Kier molecular flexibility index (Phi) is 5.47. The van der Waals surface area contributed by atoms with Crippen LogP contribution in [0.15, 0.2) is 11.0 Å². The van der Waals surface area contributed by atoms with E-state index in [-0.39, 0.29) is 5.56 Å². The summed E-state index contributed by atoms with van der Waals surface area (Å²) in [5.74, 6) is 0. The first-order chi connectivity index (χ1) is 10.7. The molecule has 0 aliphatic heterocycles. The van der Waals surface area contributed by atoms with Crippen LogP contribution in [0.1, 0.15) is 69.8 Å². The SMILES string of the molecule is O=c1[nH]c(=S)[nH]cc1CN(C1CCCCC1)C1CCCCC1. The lowest BCUT2D eigenvalue weighted by atomic mass is 9.88. The van der Waals surface area contributed by atoms with Crippen molar-refractivity contribution in [3.8, 4) is 0 Å². The standard InChI is InChI=1S/C17H27N3OS/c21-16-13(11-18-17(22)19-16)12-20(14-7-3-1-4-8-14)15-9-5-2-6-10-15/h11,14-15H,1-10,12H2,(H2,18,19,21,22). The summed E-state index contributed by atoms with van der Waals surface area (Å²) in [6, 6.07) is 1.30. The minimum absolute atomic E-state index is 0.0274. The summed E-state index contributed by atoms with van der Waals surface area (Å²) in [6.45, 7) is 0.761. The molecule has 1 aromatic heterocycles. The molecule has 2 aliphatic carbocycles. The van der Waals surface area contributed by atoms with Crippen molar-refractivity contribution in [1.82, 2.24) is 14.9 Å². The van der Waals surface area contributed by atoms with E-state index in [0.717, 1.165) is 12.1 Å². The van der Waals surface area contributed by atoms with Crippen molar-refractivity contribution >= 4 is 12.2 Å². The molecule has 2 fully saturated rings. The molecule has 122 valence electrons. The average Bonchev–Trinajstić information content (AvgIpc) is 2.56. The Balaban J connectivity index is 1.80. The van der Waals surface area contributed by atoms with Crippen LogP contribution in [0, 0.1) is 4.77 Å². The van der Waals surface area contributed by atoms with Gasteiger partial charge in [0, 0.05) is 30.4 Å². The van der Waals surface area contributed by atoms with Gasteiger partial charge in [-0.1, -0.05) is 38.5 Å². The van der Waals surface area contributed by atoms with Crippen LogP contribution < -0.4 is 5.56 Å². The van der Waals surface area contributed by atoms with Gasteiger partial charge in [-0.25, -0.2) is 0 Å². The second kappa shape index (κ2) is 7.55. The third kappa shape index (κ3) is 3.87. The summed E-state index contributed by atoms with van der Waals surface area (Å²) >= 11 is 5.00. The molecule has 22 heavy (non-hydrogen) atoms. The molecule has 0 amide bonds. The quantitative estimate of drug-likeness (QED) is 0.827. The van der Waals surface area contributed by atoms with Gasteiger partial charge in [0.2, 0.25) is 0 Å². The molecule has 3 rings (SSSR count). The van der Waals surface area contributed by atoms with E-state index >= 15 is 0 Å². The molecule has 2 aliphatic rings. The fourth-order valence-electron chi connectivity index (χ4n) is 4.13. The Hall–Kier alpha value is -0.940. The van der Waals surface area contributed by atoms with Crippen molar-refractivity contribution in [2.75, 3.05) is 0 Å². The molecule has 0 bridgehead atoms. The predicted octanol–water partition coefficient (Wildman–Crippen LogP) is 3.90. The van der Waals surface area contributed by atoms with Crippen molar-refractivity contribution in [3.63, 3.8) is 0 Å². The summed E-state index contributed by atoms with van der Waals surface area (Å²) in [6.07, 6.45) is 15.0. The molecular weight excluding hydrogens is 294 g/mol. The Morgan fingerprint density at radius 2 is 1.55 bits per heavy atom. The molecule has 0 spiro atoms. The Labute approximate surface area is 137 Å². The Bertz CT molecular complexity index is 564. The van der Waals surface area contributed by atoms with Crippen molar-refractivity contribution in [3.05, 3.63) is 26.9 Å². The minimum atomic E-state index is -0.0274. The van der Waals surface area contributed by atoms with Crippen LogP contribution in [0.4, 0.5) is 0 Å². The van der Waals surface area contributed by atoms with E-state index < -0.39 is 0 Å². The highest BCUT2D eigenvalue weighted by molar-refractivity contribution is 7.71. The average molecular weight is 321 g/mol. The number of hydrogen-bond donors (Lipinski definition) is 2. The molecule has 4 nitrogen and oxygen atoms in total. The number of aromatic nitrogens is 2. The van der Waals surface area contributed by atoms with Crippen LogP contribution in [-0.2, 0) is 6.54 Å². The number of aromatic amines is 2. The van der Waals surface area contributed by atoms with E-state index in [0.29, 0.717) is 16.9 Å². The van der Waals surface area contributed by atoms with Crippen molar-refractivity contribution in [2.45, 2.75) is 82.8 Å². The van der Waals surface area contributed by atoms with Gasteiger partial charge in [0.25, 0.3) is 5.56 Å². The number of hydrogen-bond acceptors (Lipinski definition) is 3. The normalized spacial score (nSPS) is 21.3. The fraction of sp³-hybridized carbons (Fsp3) is 0.765. The first kappa shape index (κ1) is 15.9. The Morgan fingerprint density at radius 1 is 1.00 bits per heavy atom. The van der Waals surface area contributed by atoms with Crippen LogP contribution in [0.25, 0.3) is 0 Å². The van der Waals surface area contributed by atoms with Gasteiger partial charge in [0.15, 0.2) is 4.77 Å². The van der Waals surface area contributed by atoms with Gasteiger partial charge in [-0.2, -0.15) is 0 Å². The second-order valence-electron chi connectivity index (χ2n) is 6.85. The molecule has 0 atom stereocenters. The maximum Gasteiger partial charge on any atom is 0.256 e. The highest BCUT2D eigenvalue weighted by Crippen LogP contribution is 2.31. The van der Waals surface area contributed by atoms with Gasteiger partial charge in [-0.05, 0) is 37.9 Å². The lowest BCUT2D eigenvalue weighted by Crippen LogP contribution is -2.45. The molecular formula is C17H27N3OS. The van der Waals surface area contributed by atoms with E-state index in [4.69, 9.17) is 12.2 Å². The van der Waals surface area contributed by atoms with Gasteiger partial charge < -0.3 is 4.98 Å². The molecule has 0 saturated heterocycles. The van der Waals surface area contributed by atoms with E-state index in [1.54, 1.807) is 6.20 Å². The van der Waals surface area contributed by atoms with Crippen LogP contribution in [0.2, 0.25) is 0 Å². The van der Waals surface area contributed by atoms with Gasteiger partial charge in [-0.15, -0.1) is 0 Å². The first-order valence-corrected chi connectivity index (χ1v) is 9.21. The number of nitrogens with one attached hydrogen (secondary N) is 2. The monoisotopic (exact) mass is 321 g/mol. The molecule has 1 aromatic rings. The zero-order valence-corrected chi connectivity index (χ0v) is 14.1. The molecule has 5 heteroatoms. The zero-order chi connectivity index (χ0) is 15.4. The number of H-pyrrole nitrogens is 2. The van der Waals surface area contributed by atoms with E-state index in [1.807, 2.05) is 0 Å². The van der Waals surface area contributed by atoms with E-state index in [9.17, 15) is 4.79 Å². The molecule has 0 aromatic carbocycles. The topological polar surface area (TPSA) is 51.9 Å². The van der Waals surface area contributed by atoms with Gasteiger partial charge in [0.05, 0.1) is 0 Å². The third-order valence-electron chi connectivity index (χ3n) is 5.34. The summed E-state index contributed by atoms with van der Waals surface area (Å²) in [5, 5.41) is 0. The van der Waals surface area contributed by atoms with Crippen molar-refractivity contribution < 1.29 is 0 Å². The summed E-state index contributed by atoms with van der Waals surface area (Å²) < 4.78 is 0.413. The third-order valence-corrected chi connectivity index (χ3v) is 5.56. The zero-order valence-electron chi connectivity index (χ0n) is 13.3. The number of nitrogens with zero attached hydrogens (tertiary/aromatic N) is 1. The molecule has 0 radical (unpaired) electrons. The Morgan fingerprint density at radius 3 is 2.05 bits per heavy atom. The van der Waals surface area contributed by atoms with E-state index in [2.05, 4.69) is 14.9 Å². The van der Waals surface area contributed by atoms with Crippen LogP contribution in [0.3, 0.4) is 0 Å². The maximum atomic E-state index is 12.2. The fourth-order valence-corrected chi connectivity index (χ4v) is 4.29. The molecule has 2 saturated carbocycles. The van der Waals surface area contributed by atoms with Crippen molar-refractivity contribution in [1.29, 1.82) is 0 Å². The second-order valence-corrected chi connectivity index (χ2v) is 7.26. The van der Waals surface area contributed by atoms with Crippen molar-refractivity contribution in [2.24, 2.45) is 0 Å². The van der Waals surface area contributed by atoms with Gasteiger partial charge >= 0.3 is 0 Å². The highest BCUT2D eigenvalue weighted by Gasteiger charge is 2.29. The minimum Gasteiger partial charge on any atom is -0.338 e. The predicted molar refractivity (Wildman–Crippen MR) is 91.5 cm³/mol. The van der Waals surface area contributed by atoms with Gasteiger partial charge in [-0.3, -0.25) is 14.7 Å². The van der Waals surface area contributed by atoms with Crippen LogP contribution in [0.5, 0.6) is 0 Å². The maximum absolute atomic E-state index is 12.2. The smallest absolute Gasteiger partial charge is 0.256 e. The lowest BCUT2D eigenvalue weighted by Gasteiger charge is -2.41. The molecule has 2 N–H and O–H groups in total. The summed E-state index contributed by atoms with van der Waals surface area (Å²) in [7, 11) is 0. The largest absolute Gasteiger partial charge is 0.338 e. The lowest BCUT2D eigenvalue weighted by molar-refractivity contribution is 0.0726. The summed E-state index contributed by atoms with van der Waals surface area (Å²) in [5.41, 5.74) is 0.796. The number of rotatable bonds is 4. The van der Waals surface area contributed by atoms with E-state index in [1.165, 1.54) is 64.2 Å². The summed E-state index contributed by atoms with van der Waals surface area (Å²) in [4.78, 5) is 20.5. The van der Waals surface area contributed by atoms with Crippen LogP contribution >= 0.6 is 12.2 Å². The molecule has 1 heterocycles.